The summed E-state index contributed by atoms with van der Waals surface area (Å²) in [6.45, 7) is 1.83. The van der Waals surface area contributed by atoms with E-state index in [2.05, 4.69) is 4.74 Å². The maximum atomic E-state index is 12.6. The molecule has 0 saturated carbocycles. The van der Waals surface area contributed by atoms with Gasteiger partial charge >= 0.3 is 6.36 Å². The molecule has 0 heterocycles. The van der Waals surface area contributed by atoms with E-state index in [9.17, 15) is 13.2 Å². The third-order valence-corrected chi connectivity index (χ3v) is 3.44. The zero-order valence-corrected chi connectivity index (χ0v) is 11.5. The first-order valence-corrected chi connectivity index (χ1v) is 6.56. The van der Waals surface area contributed by atoms with Gasteiger partial charge in [-0.3, -0.25) is 0 Å². The topological polar surface area (TPSA) is 35.2 Å². The van der Waals surface area contributed by atoms with Crippen LogP contribution in [0.15, 0.2) is 54.6 Å². The van der Waals surface area contributed by atoms with Crippen LogP contribution in [0.25, 0.3) is 0 Å². The third kappa shape index (κ3) is 3.36. The summed E-state index contributed by atoms with van der Waals surface area (Å²) in [7, 11) is 0. The van der Waals surface area contributed by atoms with E-state index in [1.807, 2.05) is 13.0 Å². The van der Waals surface area contributed by atoms with Gasteiger partial charge in [0.2, 0.25) is 0 Å². The van der Waals surface area contributed by atoms with Gasteiger partial charge in [-0.15, -0.1) is 13.2 Å². The minimum atomic E-state index is -4.75. The van der Waals surface area contributed by atoms with Crippen molar-refractivity contribution < 1.29 is 17.9 Å². The van der Waals surface area contributed by atoms with E-state index in [0.29, 0.717) is 12.0 Å². The fourth-order valence-corrected chi connectivity index (χ4v) is 2.33. The van der Waals surface area contributed by atoms with Crippen molar-refractivity contribution in [3.05, 3.63) is 65.7 Å². The smallest absolute Gasteiger partial charge is 0.405 e. The summed E-state index contributed by atoms with van der Waals surface area (Å²) >= 11 is 0. The second-order valence-corrected chi connectivity index (χ2v) is 4.73. The number of alkyl halides is 3. The molecule has 2 aromatic rings. The Hall–Kier alpha value is -2.01. The number of hydrogen-bond acceptors (Lipinski definition) is 2. The summed E-state index contributed by atoms with van der Waals surface area (Å²) in [5.41, 5.74) is 6.43. The highest BCUT2D eigenvalue weighted by Crippen LogP contribution is 2.38. The minimum Gasteiger partial charge on any atom is -0.405 e. The molecule has 0 aliphatic heterocycles. The van der Waals surface area contributed by atoms with Crippen molar-refractivity contribution in [1.29, 1.82) is 0 Å². The number of halogens is 3. The van der Waals surface area contributed by atoms with Crippen molar-refractivity contribution >= 4 is 0 Å². The zero-order valence-electron chi connectivity index (χ0n) is 11.5. The Kier molecular flexibility index (Phi) is 4.23. The fraction of sp³-hybridized carbons (Fsp3) is 0.250. The van der Waals surface area contributed by atoms with Crippen LogP contribution in [0.3, 0.4) is 0 Å². The normalized spacial score (nSPS) is 14.5. The number of para-hydroxylation sites is 1. The summed E-state index contributed by atoms with van der Waals surface area (Å²) in [5, 5.41) is 0. The van der Waals surface area contributed by atoms with Gasteiger partial charge in [-0.25, -0.2) is 0 Å². The van der Waals surface area contributed by atoms with E-state index in [1.165, 1.54) is 12.1 Å². The van der Waals surface area contributed by atoms with Crippen LogP contribution in [-0.2, 0) is 5.54 Å². The second kappa shape index (κ2) is 5.77. The first kappa shape index (κ1) is 15.4. The average molecular weight is 295 g/mol. The molecule has 2 rings (SSSR count). The highest BCUT2D eigenvalue weighted by Gasteiger charge is 2.36. The maximum absolute atomic E-state index is 12.6. The fourth-order valence-electron chi connectivity index (χ4n) is 2.33. The predicted octanol–water partition coefficient (Wildman–Crippen LogP) is 4.20. The molecule has 21 heavy (non-hydrogen) atoms. The molecule has 1 atom stereocenters. The van der Waals surface area contributed by atoms with Gasteiger partial charge < -0.3 is 10.5 Å². The molecule has 2 nitrogen and oxygen atoms in total. The molecule has 0 radical (unpaired) electrons. The van der Waals surface area contributed by atoms with E-state index in [0.717, 1.165) is 5.56 Å². The maximum Gasteiger partial charge on any atom is 0.573 e. The number of benzene rings is 2. The van der Waals surface area contributed by atoms with Crippen molar-refractivity contribution in [2.45, 2.75) is 25.2 Å². The SMILES string of the molecule is CCC(N)(c1ccccc1)c1ccccc1OC(F)(F)F. The summed E-state index contributed by atoms with van der Waals surface area (Å²) in [4.78, 5) is 0. The van der Waals surface area contributed by atoms with Gasteiger partial charge in [0.25, 0.3) is 0 Å². The molecule has 5 heteroatoms. The van der Waals surface area contributed by atoms with Crippen LogP contribution in [-0.4, -0.2) is 6.36 Å². The van der Waals surface area contributed by atoms with Gasteiger partial charge in [-0.1, -0.05) is 55.5 Å². The Bertz CT molecular complexity index is 598. The van der Waals surface area contributed by atoms with Gasteiger partial charge in [0, 0.05) is 5.56 Å². The zero-order chi connectivity index (χ0) is 15.5. The van der Waals surface area contributed by atoms with Gasteiger partial charge in [0.1, 0.15) is 5.75 Å². The van der Waals surface area contributed by atoms with Crippen molar-refractivity contribution in [1.82, 2.24) is 0 Å². The van der Waals surface area contributed by atoms with Crippen molar-refractivity contribution in [3.8, 4) is 5.75 Å². The molecule has 0 amide bonds. The molecule has 0 bridgehead atoms. The van der Waals surface area contributed by atoms with Crippen LogP contribution in [0, 0.1) is 0 Å². The minimum absolute atomic E-state index is 0.266. The van der Waals surface area contributed by atoms with Gasteiger partial charge in [0.05, 0.1) is 5.54 Å². The summed E-state index contributed by atoms with van der Waals surface area (Å²) < 4.78 is 41.8. The Morgan fingerprint density at radius 1 is 0.952 bits per heavy atom. The van der Waals surface area contributed by atoms with E-state index in [4.69, 9.17) is 5.73 Å². The molecule has 0 aliphatic rings. The molecule has 2 aromatic carbocycles. The Labute approximate surface area is 121 Å². The highest BCUT2D eigenvalue weighted by atomic mass is 19.4. The lowest BCUT2D eigenvalue weighted by Crippen LogP contribution is -2.38. The molecule has 0 saturated heterocycles. The van der Waals surface area contributed by atoms with Crippen LogP contribution in [0.1, 0.15) is 24.5 Å². The summed E-state index contributed by atoms with van der Waals surface area (Å²) in [5.74, 6) is -0.266. The molecule has 0 fully saturated rings. The number of rotatable bonds is 4. The Balaban J connectivity index is 2.53. The molecule has 1 unspecified atom stereocenters. The van der Waals surface area contributed by atoms with Crippen molar-refractivity contribution in [2.75, 3.05) is 0 Å². The Morgan fingerprint density at radius 3 is 2.10 bits per heavy atom. The standard InChI is InChI=1S/C16H16F3NO/c1-2-15(20,12-8-4-3-5-9-12)13-10-6-7-11-14(13)21-16(17,18)19/h3-11H,2,20H2,1H3. The Morgan fingerprint density at radius 2 is 1.52 bits per heavy atom. The van der Waals surface area contributed by atoms with E-state index in [-0.39, 0.29) is 5.75 Å². The number of hydrogen-bond donors (Lipinski definition) is 1. The lowest BCUT2D eigenvalue weighted by Gasteiger charge is -2.31. The first-order chi connectivity index (χ1) is 9.87. The van der Waals surface area contributed by atoms with Crippen molar-refractivity contribution in [3.63, 3.8) is 0 Å². The van der Waals surface area contributed by atoms with Crippen LogP contribution >= 0.6 is 0 Å². The molecule has 2 N–H and O–H groups in total. The molecule has 0 aliphatic carbocycles. The van der Waals surface area contributed by atoms with Crippen LogP contribution in [0.4, 0.5) is 13.2 Å². The molecule has 0 aromatic heterocycles. The lowest BCUT2D eigenvalue weighted by atomic mass is 9.81. The van der Waals surface area contributed by atoms with E-state index >= 15 is 0 Å². The van der Waals surface area contributed by atoms with E-state index < -0.39 is 11.9 Å². The lowest BCUT2D eigenvalue weighted by molar-refractivity contribution is -0.275. The average Bonchev–Trinajstić information content (AvgIpc) is 2.46. The largest absolute Gasteiger partial charge is 0.573 e. The molecular weight excluding hydrogens is 279 g/mol. The van der Waals surface area contributed by atoms with E-state index in [1.54, 1.807) is 36.4 Å². The quantitative estimate of drug-likeness (QED) is 0.917. The molecule has 112 valence electrons. The van der Waals surface area contributed by atoms with Crippen LogP contribution in [0.5, 0.6) is 5.75 Å². The highest BCUT2D eigenvalue weighted by molar-refractivity contribution is 5.46. The summed E-state index contributed by atoms with van der Waals surface area (Å²) in [6, 6.07) is 15.0. The second-order valence-electron chi connectivity index (χ2n) is 4.73. The number of nitrogens with two attached hydrogens (primary N) is 1. The van der Waals surface area contributed by atoms with Gasteiger partial charge in [0.15, 0.2) is 0 Å². The predicted molar refractivity (Wildman–Crippen MR) is 74.8 cm³/mol. The van der Waals surface area contributed by atoms with Gasteiger partial charge in [-0.05, 0) is 18.1 Å². The van der Waals surface area contributed by atoms with Crippen LogP contribution in [0.2, 0.25) is 0 Å². The monoisotopic (exact) mass is 295 g/mol. The van der Waals surface area contributed by atoms with Crippen LogP contribution < -0.4 is 10.5 Å². The van der Waals surface area contributed by atoms with Gasteiger partial charge in [-0.2, -0.15) is 0 Å². The first-order valence-electron chi connectivity index (χ1n) is 6.56. The van der Waals surface area contributed by atoms with Crippen molar-refractivity contribution in [2.24, 2.45) is 5.73 Å². The molecule has 0 spiro atoms. The summed E-state index contributed by atoms with van der Waals surface area (Å²) in [6.07, 6.45) is -4.31. The number of ether oxygens (including phenoxy) is 1. The molecular formula is C16H16F3NO. The third-order valence-electron chi connectivity index (χ3n) is 3.44.